The normalized spacial score (nSPS) is 8.91. The number of aryl methyl sites for hydroxylation is 1. The summed E-state index contributed by atoms with van der Waals surface area (Å²) in [5.74, 6) is 0. The Morgan fingerprint density at radius 3 is 1.91 bits per heavy atom. The van der Waals surface area contributed by atoms with Gasteiger partial charge in [0.05, 0.1) is 0 Å². The first-order valence-corrected chi connectivity index (χ1v) is 6.25. The minimum absolute atomic E-state index is 0.334. The van der Waals surface area contributed by atoms with Crippen LogP contribution in [0.15, 0.2) is 62.4 Å². The second kappa shape index (κ2) is 9.39. The van der Waals surface area contributed by atoms with Crippen molar-refractivity contribution in [2.75, 3.05) is 0 Å². The van der Waals surface area contributed by atoms with Gasteiger partial charge in [0.1, 0.15) is 6.33 Å². The molecule has 0 amide bonds. The van der Waals surface area contributed by atoms with Crippen molar-refractivity contribution < 1.29 is 0 Å². The molecule has 3 heterocycles. The lowest BCUT2D eigenvalue weighted by atomic mass is 10.4. The van der Waals surface area contributed by atoms with Crippen molar-refractivity contribution in [2.24, 2.45) is 0 Å². The molecule has 0 unspecified atom stereocenters. The van der Waals surface area contributed by atoms with E-state index in [0.717, 1.165) is 0 Å². The maximum atomic E-state index is 10.6. The maximum Gasteiger partial charge on any atom is 0.325 e. The number of aromatic amines is 4. The molecule has 3 aromatic rings. The summed E-state index contributed by atoms with van der Waals surface area (Å²) in [7, 11) is 0. The number of nitrogens with one attached hydrogen (secondary N) is 4. The van der Waals surface area contributed by atoms with Gasteiger partial charge in [-0.25, -0.2) is 19.6 Å². The fourth-order valence-electron chi connectivity index (χ4n) is 1.11. The minimum atomic E-state index is -0.475. The monoisotopic (exact) mass is 318 g/mol. The Bertz CT molecular complexity index is 873. The smallest absolute Gasteiger partial charge is 0.314 e. The van der Waals surface area contributed by atoms with Crippen molar-refractivity contribution in [1.82, 2.24) is 29.9 Å². The van der Waals surface area contributed by atoms with E-state index in [1.165, 1.54) is 24.8 Å². The number of hydrogen-bond acceptors (Lipinski definition) is 6. The molecule has 0 aromatic carbocycles. The largest absolute Gasteiger partial charge is 0.325 e. The van der Waals surface area contributed by atoms with Gasteiger partial charge in [-0.15, -0.1) is 0 Å². The van der Waals surface area contributed by atoms with Crippen LogP contribution in [0.5, 0.6) is 0 Å². The minimum Gasteiger partial charge on any atom is -0.314 e. The average Bonchev–Trinajstić information content (AvgIpc) is 2.54. The molecule has 0 aliphatic carbocycles. The Hall–Kier alpha value is -3.56. The van der Waals surface area contributed by atoms with Gasteiger partial charge < -0.3 is 9.97 Å². The Balaban J connectivity index is 0.000000176. The van der Waals surface area contributed by atoms with E-state index in [4.69, 9.17) is 0 Å². The van der Waals surface area contributed by atoms with Crippen LogP contribution < -0.4 is 22.5 Å². The molecular formula is C13H14N6O4. The summed E-state index contributed by atoms with van der Waals surface area (Å²) in [5, 5.41) is 0. The lowest BCUT2D eigenvalue weighted by Crippen LogP contribution is -2.22. The molecule has 120 valence electrons. The van der Waals surface area contributed by atoms with Crippen LogP contribution in [-0.4, -0.2) is 29.9 Å². The number of rotatable bonds is 0. The Kier molecular flexibility index (Phi) is 7.14. The molecule has 0 bridgehead atoms. The lowest BCUT2D eigenvalue weighted by Gasteiger charge is -1.84. The number of nitrogens with zero attached hydrogens (tertiary/aromatic N) is 2. The highest BCUT2D eigenvalue weighted by molar-refractivity contribution is 4.98. The molecule has 3 rings (SSSR count). The van der Waals surface area contributed by atoms with Crippen LogP contribution >= 0.6 is 0 Å². The molecule has 0 saturated carbocycles. The van der Waals surface area contributed by atoms with Gasteiger partial charge in [0, 0.05) is 36.4 Å². The lowest BCUT2D eigenvalue weighted by molar-refractivity contribution is 1.01. The van der Waals surface area contributed by atoms with Crippen molar-refractivity contribution in [3.05, 3.63) is 90.5 Å². The van der Waals surface area contributed by atoms with E-state index in [2.05, 4.69) is 24.9 Å². The summed E-state index contributed by atoms with van der Waals surface area (Å²) in [6.45, 7) is 1.62. The van der Waals surface area contributed by atoms with Crippen LogP contribution in [0.2, 0.25) is 0 Å². The van der Waals surface area contributed by atoms with Gasteiger partial charge in [0.25, 0.3) is 11.1 Å². The molecule has 0 aliphatic rings. The Morgan fingerprint density at radius 2 is 1.57 bits per heavy atom. The van der Waals surface area contributed by atoms with Gasteiger partial charge in [-0.3, -0.25) is 19.6 Å². The topological polar surface area (TPSA) is 157 Å². The van der Waals surface area contributed by atoms with E-state index in [1.54, 1.807) is 25.4 Å². The van der Waals surface area contributed by atoms with E-state index in [9.17, 15) is 19.2 Å². The standard InChI is InChI=1S/C5H6N2O2.C4H4N2O2.C4H4N2/c1-3-2-6-5(9)7-4(3)8;7-3-1-2-5-4(8)6-3;1-2-5-4-6-3-1/h2H,1H3,(H2,6,7,8,9);1-2H,(H2,5,6,7,8);1-4H. The molecule has 0 radical (unpaired) electrons. The molecule has 4 N–H and O–H groups in total. The zero-order valence-corrected chi connectivity index (χ0v) is 12.1. The first kappa shape index (κ1) is 17.5. The van der Waals surface area contributed by atoms with Gasteiger partial charge in [-0.2, -0.15) is 0 Å². The summed E-state index contributed by atoms with van der Waals surface area (Å²) in [4.78, 5) is 57.3. The molecule has 23 heavy (non-hydrogen) atoms. The first-order valence-electron chi connectivity index (χ1n) is 6.25. The molecule has 0 atom stereocenters. The molecule has 10 nitrogen and oxygen atoms in total. The fourth-order valence-corrected chi connectivity index (χ4v) is 1.11. The zero-order valence-electron chi connectivity index (χ0n) is 12.1. The summed E-state index contributed by atoms with van der Waals surface area (Å²) in [6.07, 6.45) is 7.54. The number of aromatic nitrogens is 6. The quantitative estimate of drug-likeness (QED) is 0.412. The first-order chi connectivity index (χ1) is 11.0. The molecular weight excluding hydrogens is 304 g/mol. The van der Waals surface area contributed by atoms with Crippen molar-refractivity contribution in [3.63, 3.8) is 0 Å². The van der Waals surface area contributed by atoms with Crippen LogP contribution in [0.3, 0.4) is 0 Å². The van der Waals surface area contributed by atoms with E-state index < -0.39 is 11.4 Å². The van der Waals surface area contributed by atoms with Crippen molar-refractivity contribution in [1.29, 1.82) is 0 Å². The van der Waals surface area contributed by atoms with Crippen LogP contribution in [0.1, 0.15) is 5.56 Å². The van der Waals surface area contributed by atoms with E-state index in [-0.39, 0.29) is 11.1 Å². The zero-order chi connectivity index (χ0) is 17.1. The van der Waals surface area contributed by atoms with Crippen LogP contribution in [0, 0.1) is 6.92 Å². The van der Waals surface area contributed by atoms with Crippen molar-refractivity contribution in [3.8, 4) is 0 Å². The second-order valence-corrected chi connectivity index (χ2v) is 3.96. The van der Waals surface area contributed by atoms with Crippen LogP contribution in [-0.2, 0) is 0 Å². The van der Waals surface area contributed by atoms with Crippen molar-refractivity contribution in [2.45, 2.75) is 6.92 Å². The van der Waals surface area contributed by atoms with Gasteiger partial charge >= 0.3 is 11.4 Å². The van der Waals surface area contributed by atoms with Crippen LogP contribution in [0.25, 0.3) is 0 Å². The number of H-pyrrole nitrogens is 4. The van der Waals surface area contributed by atoms with Crippen molar-refractivity contribution >= 4 is 0 Å². The molecule has 0 saturated heterocycles. The molecule has 10 heteroatoms. The second-order valence-electron chi connectivity index (χ2n) is 3.96. The van der Waals surface area contributed by atoms with Gasteiger partial charge in [-0.05, 0) is 13.0 Å². The van der Waals surface area contributed by atoms with Gasteiger partial charge in [0.2, 0.25) is 0 Å². The highest BCUT2D eigenvalue weighted by Gasteiger charge is 1.88. The Labute approximate surface area is 128 Å². The van der Waals surface area contributed by atoms with Gasteiger partial charge in [0.15, 0.2) is 0 Å². The fraction of sp³-hybridized carbons (Fsp3) is 0.0769. The molecule has 0 aliphatic heterocycles. The average molecular weight is 318 g/mol. The summed E-state index contributed by atoms with van der Waals surface area (Å²) >= 11 is 0. The van der Waals surface area contributed by atoms with Crippen LogP contribution in [0.4, 0.5) is 0 Å². The van der Waals surface area contributed by atoms with Gasteiger partial charge in [-0.1, -0.05) is 0 Å². The third-order valence-corrected chi connectivity index (χ3v) is 2.17. The summed E-state index contributed by atoms with van der Waals surface area (Å²) < 4.78 is 0. The highest BCUT2D eigenvalue weighted by atomic mass is 16.2. The summed E-state index contributed by atoms with van der Waals surface area (Å²) in [5.41, 5.74) is -1.15. The van der Waals surface area contributed by atoms with E-state index >= 15 is 0 Å². The predicted molar refractivity (Wildman–Crippen MR) is 82.1 cm³/mol. The Morgan fingerprint density at radius 1 is 0.913 bits per heavy atom. The molecule has 0 fully saturated rings. The van der Waals surface area contributed by atoms with E-state index in [0.29, 0.717) is 5.56 Å². The number of hydrogen-bond donors (Lipinski definition) is 4. The van der Waals surface area contributed by atoms with E-state index in [1.807, 2.05) is 4.98 Å². The predicted octanol–water partition coefficient (Wildman–Crippen LogP) is -1.09. The molecule has 0 spiro atoms. The third kappa shape index (κ3) is 7.70. The SMILES string of the molecule is Cc1c[nH]c(=O)[nH]c1=O.O=c1cc[nH]c(=O)[nH]1.c1cncnc1. The third-order valence-electron chi connectivity index (χ3n) is 2.17. The maximum absolute atomic E-state index is 10.6. The molecule has 3 aromatic heterocycles. The summed E-state index contributed by atoms with van der Waals surface area (Å²) in [6, 6.07) is 3.02. The highest BCUT2D eigenvalue weighted by Crippen LogP contribution is 1.73.